The number of nitrogens with zero attached hydrogens (tertiary/aromatic N) is 1. The molecule has 1 fully saturated rings. The zero-order valence-corrected chi connectivity index (χ0v) is 10.3. The second kappa shape index (κ2) is 4.47. The fourth-order valence-electron chi connectivity index (χ4n) is 2.48. The second-order valence-corrected chi connectivity index (χ2v) is 4.86. The lowest BCUT2D eigenvalue weighted by molar-refractivity contribution is -0.180. The van der Waals surface area contributed by atoms with Crippen molar-refractivity contribution >= 4 is 11.8 Å². The molecule has 1 aromatic carbocycles. The number of halogens is 3. The Bertz CT molecular complexity index is 504. The zero-order valence-electron chi connectivity index (χ0n) is 10.3. The first-order valence-corrected chi connectivity index (χ1v) is 6.34. The minimum atomic E-state index is -4.36. The Morgan fingerprint density at radius 2 is 1.89 bits per heavy atom. The van der Waals surface area contributed by atoms with Crippen molar-refractivity contribution in [3.05, 3.63) is 29.8 Å². The Morgan fingerprint density at radius 1 is 1.16 bits per heavy atom. The van der Waals surface area contributed by atoms with Crippen LogP contribution < -0.4 is 9.64 Å². The highest BCUT2D eigenvalue weighted by atomic mass is 19.4. The van der Waals surface area contributed by atoms with Crippen LogP contribution in [0.4, 0.5) is 18.9 Å². The largest absolute Gasteiger partial charge is 0.476 e. The zero-order chi connectivity index (χ0) is 13.5. The van der Waals surface area contributed by atoms with Crippen molar-refractivity contribution in [1.82, 2.24) is 0 Å². The van der Waals surface area contributed by atoms with E-state index in [0.29, 0.717) is 11.3 Å². The number of rotatable bonds is 1. The molecule has 1 unspecified atom stereocenters. The van der Waals surface area contributed by atoms with Crippen LogP contribution in [0, 0.1) is 0 Å². The van der Waals surface area contributed by atoms with Gasteiger partial charge in [-0.3, -0.25) is 0 Å². The Kier molecular flexibility index (Phi) is 2.92. The minimum Gasteiger partial charge on any atom is -0.476 e. The van der Waals surface area contributed by atoms with Gasteiger partial charge in [0.2, 0.25) is 6.10 Å². The molecule has 0 bridgehead atoms. The summed E-state index contributed by atoms with van der Waals surface area (Å²) in [6.07, 6.45) is -1.42. The summed E-state index contributed by atoms with van der Waals surface area (Å²) in [5, 5.41) is 0. The third-order valence-corrected chi connectivity index (χ3v) is 3.50. The van der Waals surface area contributed by atoms with Gasteiger partial charge in [-0.1, -0.05) is 6.08 Å². The van der Waals surface area contributed by atoms with Crippen LogP contribution in [-0.4, -0.2) is 25.4 Å². The van der Waals surface area contributed by atoms with Crippen LogP contribution in [0.5, 0.6) is 5.75 Å². The molecule has 2 nitrogen and oxygen atoms in total. The van der Waals surface area contributed by atoms with Gasteiger partial charge in [0.05, 0.1) is 0 Å². The van der Waals surface area contributed by atoms with Crippen LogP contribution in [0.3, 0.4) is 0 Å². The third kappa shape index (κ3) is 2.41. The lowest BCUT2D eigenvalue weighted by Crippen LogP contribution is -2.34. The number of alkyl halides is 3. The first-order valence-electron chi connectivity index (χ1n) is 6.34. The number of ether oxygens (including phenoxy) is 1. The maximum Gasteiger partial charge on any atom is 0.429 e. The van der Waals surface area contributed by atoms with Crippen LogP contribution in [0.2, 0.25) is 0 Å². The molecule has 2 heterocycles. The van der Waals surface area contributed by atoms with Crippen LogP contribution in [0.1, 0.15) is 18.4 Å². The Morgan fingerprint density at radius 3 is 2.58 bits per heavy atom. The van der Waals surface area contributed by atoms with Gasteiger partial charge in [-0.2, -0.15) is 13.2 Å². The average Bonchev–Trinajstić information content (AvgIpc) is 2.90. The van der Waals surface area contributed by atoms with Gasteiger partial charge in [0, 0.05) is 30.4 Å². The van der Waals surface area contributed by atoms with E-state index in [1.54, 1.807) is 6.07 Å². The minimum absolute atomic E-state index is 0.314. The van der Waals surface area contributed by atoms with E-state index in [0.717, 1.165) is 37.7 Å². The van der Waals surface area contributed by atoms with Gasteiger partial charge in [-0.25, -0.2) is 0 Å². The molecule has 0 aromatic heterocycles. The van der Waals surface area contributed by atoms with Crippen LogP contribution >= 0.6 is 0 Å². The van der Waals surface area contributed by atoms with Crippen LogP contribution in [0.25, 0.3) is 6.08 Å². The van der Waals surface area contributed by atoms with Gasteiger partial charge in [-0.05, 0) is 31.1 Å². The molecule has 0 aliphatic carbocycles. The molecule has 0 spiro atoms. The maximum atomic E-state index is 12.7. The highest BCUT2D eigenvalue weighted by molar-refractivity contribution is 5.65. The number of fused-ring (bicyclic) bond motifs is 1. The van der Waals surface area contributed by atoms with Gasteiger partial charge >= 0.3 is 6.18 Å². The molecular weight excluding hydrogens is 255 g/mol. The topological polar surface area (TPSA) is 12.5 Å². The summed E-state index contributed by atoms with van der Waals surface area (Å²) in [4.78, 5) is 2.17. The fourth-order valence-corrected chi connectivity index (χ4v) is 2.48. The van der Waals surface area contributed by atoms with Crippen LogP contribution in [-0.2, 0) is 0 Å². The quantitative estimate of drug-likeness (QED) is 0.772. The SMILES string of the molecule is FC(F)(F)C1C=Cc2ccc(N3CCCC3)cc2O1. The normalized spacial score (nSPS) is 22.3. The van der Waals surface area contributed by atoms with Crippen molar-refractivity contribution in [3.8, 4) is 5.75 Å². The summed E-state index contributed by atoms with van der Waals surface area (Å²) in [5.41, 5.74) is 1.64. The summed E-state index contributed by atoms with van der Waals surface area (Å²) in [7, 11) is 0. The van der Waals surface area contributed by atoms with Crippen molar-refractivity contribution in [2.45, 2.75) is 25.1 Å². The lowest BCUT2D eigenvalue weighted by Gasteiger charge is -2.25. The molecule has 1 atom stereocenters. The standard InChI is InChI=1S/C14H14F3NO/c15-14(16,17)13-6-4-10-3-5-11(9-12(10)19-13)18-7-1-2-8-18/h3-6,9,13H,1-2,7-8H2. The molecule has 0 radical (unpaired) electrons. The van der Waals surface area contributed by atoms with Gasteiger partial charge in [0.1, 0.15) is 5.75 Å². The van der Waals surface area contributed by atoms with Gasteiger partial charge in [-0.15, -0.1) is 0 Å². The highest BCUT2D eigenvalue weighted by Crippen LogP contribution is 2.36. The lowest BCUT2D eigenvalue weighted by atomic mass is 10.1. The first kappa shape index (κ1) is 12.4. The summed E-state index contributed by atoms with van der Waals surface area (Å²) in [6.45, 7) is 1.91. The van der Waals surface area contributed by atoms with E-state index in [1.165, 1.54) is 6.08 Å². The molecule has 5 heteroatoms. The molecule has 3 rings (SSSR count). The van der Waals surface area contributed by atoms with E-state index < -0.39 is 12.3 Å². The van der Waals surface area contributed by atoms with Crippen molar-refractivity contribution in [2.75, 3.05) is 18.0 Å². The summed E-state index contributed by atoms with van der Waals surface area (Å²) in [6, 6.07) is 5.46. The Hall–Kier alpha value is -1.65. The van der Waals surface area contributed by atoms with E-state index in [1.807, 2.05) is 12.1 Å². The summed E-state index contributed by atoms with van der Waals surface area (Å²) in [5.74, 6) is 0.314. The van der Waals surface area contributed by atoms with E-state index in [4.69, 9.17) is 4.74 Å². The van der Waals surface area contributed by atoms with E-state index in [9.17, 15) is 13.2 Å². The Labute approximate surface area is 109 Å². The average molecular weight is 269 g/mol. The molecule has 1 aromatic rings. The van der Waals surface area contributed by atoms with Crippen molar-refractivity contribution in [1.29, 1.82) is 0 Å². The highest BCUT2D eigenvalue weighted by Gasteiger charge is 2.41. The number of benzene rings is 1. The maximum absolute atomic E-state index is 12.7. The molecule has 0 N–H and O–H groups in total. The van der Waals surface area contributed by atoms with E-state index in [-0.39, 0.29) is 0 Å². The molecule has 2 aliphatic rings. The molecule has 0 saturated carbocycles. The third-order valence-electron chi connectivity index (χ3n) is 3.50. The number of anilines is 1. The summed E-state index contributed by atoms with van der Waals surface area (Å²) < 4.78 is 43.0. The predicted molar refractivity (Wildman–Crippen MR) is 67.4 cm³/mol. The van der Waals surface area contributed by atoms with E-state index in [2.05, 4.69) is 4.90 Å². The monoisotopic (exact) mass is 269 g/mol. The van der Waals surface area contributed by atoms with Gasteiger partial charge in [0.25, 0.3) is 0 Å². The summed E-state index contributed by atoms with van der Waals surface area (Å²) >= 11 is 0. The smallest absolute Gasteiger partial charge is 0.429 e. The molecule has 19 heavy (non-hydrogen) atoms. The van der Waals surface area contributed by atoms with Gasteiger partial charge < -0.3 is 9.64 Å². The van der Waals surface area contributed by atoms with Crippen molar-refractivity contribution in [3.63, 3.8) is 0 Å². The molecule has 102 valence electrons. The van der Waals surface area contributed by atoms with Crippen molar-refractivity contribution in [2.24, 2.45) is 0 Å². The number of hydrogen-bond donors (Lipinski definition) is 0. The molecular formula is C14H14F3NO. The number of hydrogen-bond acceptors (Lipinski definition) is 2. The molecule has 2 aliphatic heterocycles. The first-order chi connectivity index (χ1) is 9.04. The van der Waals surface area contributed by atoms with E-state index >= 15 is 0 Å². The van der Waals surface area contributed by atoms with Crippen LogP contribution in [0.15, 0.2) is 24.3 Å². The predicted octanol–water partition coefficient (Wildman–Crippen LogP) is 3.62. The second-order valence-electron chi connectivity index (χ2n) is 4.86. The Balaban J connectivity index is 1.87. The van der Waals surface area contributed by atoms with Gasteiger partial charge in [0.15, 0.2) is 0 Å². The molecule has 1 saturated heterocycles. The fraction of sp³-hybridized carbons (Fsp3) is 0.429. The molecule has 0 amide bonds. The van der Waals surface area contributed by atoms with Crippen molar-refractivity contribution < 1.29 is 17.9 Å².